The number of sulfonamides is 1. The zero-order chi connectivity index (χ0) is 22.1. The van der Waals surface area contributed by atoms with Crippen molar-refractivity contribution in [3.8, 4) is 28.0 Å². The normalized spacial score (nSPS) is 11.3. The molecule has 0 aliphatic rings. The van der Waals surface area contributed by atoms with Crippen molar-refractivity contribution in [3.63, 3.8) is 0 Å². The number of amides is 2. The minimum Gasteiger partial charge on any atom is -0.494 e. The van der Waals surface area contributed by atoms with Crippen molar-refractivity contribution >= 4 is 27.4 Å². The van der Waals surface area contributed by atoms with Crippen LogP contribution < -0.4 is 15.6 Å². The summed E-state index contributed by atoms with van der Waals surface area (Å²) in [4.78, 5) is 11.8. The number of primary sulfonamides is 1. The molecule has 30 heavy (non-hydrogen) atoms. The molecular formula is C19H18FN3O5S2. The van der Waals surface area contributed by atoms with Gasteiger partial charge in [-0.3, -0.25) is 5.21 Å². The Kier molecular flexibility index (Phi) is 6.08. The van der Waals surface area contributed by atoms with Crippen molar-refractivity contribution in [1.82, 2.24) is 5.06 Å². The standard InChI is InChI=1S/C19H18FN3O5S2/c1-28-16-7-4-12(8-15(16)20)18-14(10-29-17(18)9-23(25)19(21)24)11-2-5-13(6-3-11)30(22,26)27/h2-8,10,25H,9H2,1H3,(H2,21,24)(H2,22,26,27). The number of hydroxylamine groups is 2. The molecule has 0 fully saturated rings. The van der Waals surface area contributed by atoms with Crippen LogP contribution in [0.4, 0.5) is 9.18 Å². The second-order valence-electron chi connectivity index (χ2n) is 6.26. The first-order valence-corrected chi connectivity index (χ1v) is 10.9. The van der Waals surface area contributed by atoms with Crippen molar-refractivity contribution in [2.75, 3.05) is 7.11 Å². The number of ether oxygens (including phenoxy) is 1. The summed E-state index contributed by atoms with van der Waals surface area (Å²) in [5, 5.41) is 17.0. The van der Waals surface area contributed by atoms with E-state index in [-0.39, 0.29) is 17.2 Å². The molecule has 1 heterocycles. The van der Waals surface area contributed by atoms with Gasteiger partial charge in [-0.2, -0.15) is 0 Å². The number of halogens is 1. The van der Waals surface area contributed by atoms with Crippen molar-refractivity contribution in [3.05, 3.63) is 58.5 Å². The molecular weight excluding hydrogens is 433 g/mol. The highest BCUT2D eigenvalue weighted by molar-refractivity contribution is 7.89. The van der Waals surface area contributed by atoms with Gasteiger partial charge in [0.1, 0.15) is 0 Å². The lowest BCUT2D eigenvalue weighted by Crippen LogP contribution is -2.31. The van der Waals surface area contributed by atoms with E-state index in [1.807, 2.05) is 0 Å². The first kappa shape index (κ1) is 21.7. The number of methoxy groups -OCH3 is 1. The molecule has 3 aromatic rings. The first-order chi connectivity index (χ1) is 14.1. The molecule has 0 unspecified atom stereocenters. The van der Waals surface area contributed by atoms with Gasteiger partial charge in [-0.1, -0.05) is 18.2 Å². The maximum Gasteiger partial charge on any atom is 0.338 e. The zero-order valence-corrected chi connectivity index (χ0v) is 17.3. The summed E-state index contributed by atoms with van der Waals surface area (Å²) in [5.74, 6) is -0.520. The predicted molar refractivity (Wildman–Crippen MR) is 110 cm³/mol. The Labute approximate surface area is 176 Å². The van der Waals surface area contributed by atoms with Gasteiger partial charge in [0.15, 0.2) is 11.6 Å². The largest absolute Gasteiger partial charge is 0.494 e. The molecule has 1 aromatic heterocycles. The number of hydrogen-bond acceptors (Lipinski definition) is 6. The van der Waals surface area contributed by atoms with Crippen LogP contribution in [0.25, 0.3) is 22.3 Å². The highest BCUT2D eigenvalue weighted by Crippen LogP contribution is 2.41. The van der Waals surface area contributed by atoms with Gasteiger partial charge in [0, 0.05) is 16.0 Å². The highest BCUT2D eigenvalue weighted by atomic mass is 32.2. The fourth-order valence-electron chi connectivity index (χ4n) is 2.90. The van der Waals surface area contributed by atoms with Gasteiger partial charge in [0.2, 0.25) is 10.0 Å². The van der Waals surface area contributed by atoms with Crippen LogP contribution in [0.1, 0.15) is 4.88 Å². The lowest BCUT2D eigenvalue weighted by atomic mass is 9.96. The van der Waals surface area contributed by atoms with Gasteiger partial charge in [0.25, 0.3) is 0 Å². The number of carbonyl (C=O) groups excluding carboxylic acids is 1. The minimum absolute atomic E-state index is 0.0472. The lowest BCUT2D eigenvalue weighted by Gasteiger charge is -2.14. The van der Waals surface area contributed by atoms with Gasteiger partial charge in [-0.25, -0.2) is 27.8 Å². The SMILES string of the molecule is COc1ccc(-c2c(-c3ccc(S(N)(=O)=O)cc3)csc2CN(O)C(N)=O)cc1F. The third-order valence-electron chi connectivity index (χ3n) is 4.35. The fourth-order valence-corrected chi connectivity index (χ4v) is 4.48. The second kappa shape index (κ2) is 8.40. The van der Waals surface area contributed by atoms with E-state index in [0.717, 1.165) is 0 Å². The molecule has 2 amide bonds. The number of rotatable bonds is 6. The average molecular weight is 452 g/mol. The average Bonchev–Trinajstić information content (AvgIpc) is 3.10. The quantitative estimate of drug-likeness (QED) is 0.391. The van der Waals surface area contributed by atoms with Crippen molar-refractivity contribution < 1.29 is 27.5 Å². The molecule has 0 aliphatic carbocycles. The van der Waals surface area contributed by atoms with E-state index >= 15 is 0 Å². The van der Waals surface area contributed by atoms with Crippen molar-refractivity contribution in [2.45, 2.75) is 11.4 Å². The van der Waals surface area contributed by atoms with E-state index in [1.165, 1.54) is 42.7 Å². The number of carbonyl (C=O) groups is 1. The molecule has 2 aromatic carbocycles. The molecule has 158 valence electrons. The molecule has 5 N–H and O–H groups in total. The topological polar surface area (TPSA) is 136 Å². The molecule has 0 radical (unpaired) electrons. The summed E-state index contributed by atoms with van der Waals surface area (Å²) < 4.78 is 42.3. The molecule has 3 rings (SSSR count). The lowest BCUT2D eigenvalue weighted by molar-refractivity contribution is -0.0461. The molecule has 0 saturated carbocycles. The predicted octanol–water partition coefficient (Wildman–Crippen LogP) is 3.15. The third kappa shape index (κ3) is 4.44. The van der Waals surface area contributed by atoms with Crippen LogP contribution in [-0.4, -0.2) is 31.8 Å². The molecule has 0 bridgehead atoms. The Morgan fingerprint density at radius 2 is 1.83 bits per heavy atom. The van der Waals surface area contributed by atoms with E-state index in [0.29, 0.717) is 32.2 Å². The summed E-state index contributed by atoms with van der Waals surface area (Å²) in [6.07, 6.45) is 0. The number of primary amides is 1. The second-order valence-corrected chi connectivity index (χ2v) is 8.79. The molecule has 0 atom stereocenters. The monoisotopic (exact) mass is 451 g/mol. The summed E-state index contributed by atoms with van der Waals surface area (Å²) in [5.41, 5.74) is 7.44. The number of nitrogens with zero attached hydrogens (tertiary/aromatic N) is 1. The highest BCUT2D eigenvalue weighted by Gasteiger charge is 2.20. The molecule has 8 nitrogen and oxygen atoms in total. The van der Waals surface area contributed by atoms with Crippen LogP contribution in [-0.2, 0) is 16.6 Å². The van der Waals surface area contributed by atoms with Crippen LogP contribution in [0.3, 0.4) is 0 Å². The third-order valence-corrected chi connectivity index (χ3v) is 6.25. The van der Waals surface area contributed by atoms with Crippen LogP contribution in [0.2, 0.25) is 0 Å². The summed E-state index contributed by atoms with van der Waals surface area (Å²) >= 11 is 1.23. The molecule has 0 saturated heterocycles. The Bertz CT molecular complexity index is 1190. The van der Waals surface area contributed by atoms with E-state index in [1.54, 1.807) is 23.6 Å². The van der Waals surface area contributed by atoms with Gasteiger partial charge < -0.3 is 10.5 Å². The van der Waals surface area contributed by atoms with Crippen LogP contribution >= 0.6 is 11.3 Å². The number of benzene rings is 2. The number of urea groups is 1. The number of thiophene rings is 1. The number of hydrogen-bond donors (Lipinski definition) is 3. The maximum absolute atomic E-state index is 14.3. The maximum atomic E-state index is 14.3. The molecule has 11 heteroatoms. The van der Waals surface area contributed by atoms with Crippen LogP contribution in [0.5, 0.6) is 5.75 Å². The molecule has 0 aliphatic heterocycles. The van der Waals surface area contributed by atoms with E-state index in [4.69, 9.17) is 15.6 Å². The van der Waals surface area contributed by atoms with E-state index in [2.05, 4.69) is 0 Å². The van der Waals surface area contributed by atoms with E-state index in [9.17, 15) is 22.8 Å². The van der Waals surface area contributed by atoms with Crippen LogP contribution in [0.15, 0.2) is 52.7 Å². The summed E-state index contributed by atoms with van der Waals surface area (Å²) in [6.45, 7) is -0.210. The van der Waals surface area contributed by atoms with E-state index < -0.39 is 21.9 Å². The zero-order valence-electron chi connectivity index (χ0n) is 15.7. The Hall–Kier alpha value is -2.99. The Morgan fingerprint density at radius 1 is 1.20 bits per heavy atom. The Balaban J connectivity index is 2.15. The summed E-state index contributed by atoms with van der Waals surface area (Å²) in [7, 11) is -2.50. The van der Waals surface area contributed by atoms with Crippen molar-refractivity contribution in [2.24, 2.45) is 10.9 Å². The molecule has 0 spiro atoms. The van der Waals surface area contributed by atoms with Gasteiger partial charge >= 0.3 is 6.03 Å². The van der Waals surface area contributed by atoms with Crippen LogP contribution in [0, 0.1) is 5.82 Å². The summed E-state index contributed by atoms with van der Waals surface area (Å²) in [6, 6.07) is 9.21. The van der Waals surface area contributed by atoms with Crippen molar-refractivity contribution in [1.29, 1.82) is 0 Å². The number of nitrogens with two attached hydrogens (primary N) is 2. The first-order valence-electron chi connectivity index (χ1n) is 8.45. The minimum atomic E-state index is -3.85. The Morgan fingerprint density at radius 3 is 2.37 bits per heavy atom. The smallest absolute Gasteiger partial charge is 0.338 e. The van der Waals surface area contributed by atoms with Gasteiger partial charge in [-0.15, -0.1) is 11.3 Å². The van der Waals surface area contributed by atoms with Gasteiger partial charge in [-0.05, 0) is 40.8 Å². The van der Waals surface area contributed by atoms with Gasteiger partial charge in [0.05, 0.1) is 18.6 Å². The fraction of sp³-hybridized carbons (Fsp3) is 0.105.